The maximum absolute atomic E-state index is 13.3. The number of halogens is 1. The van der Waals surface area contributed by atoms with Crippen molar-refractivity contribution >= 4 is 17.1 Å². The highest BCUT2D eigenvalue weighted by atomic mass is 19.1. The van der Waals surface area contributed by atoms with E-state index in [1.54, 1.807) is 12.1 Å². The summed E-state index contributed by atoms with van der Waals surface area (Å²) in [6.45, 7) is 8.17. The largest absolute Gasteiger partial charge is 0.346 e. The molecule has 3 aromatic heterocycles. The quantitative estimate of drug-likeness (QED) is 0.447. The fourth-order valence-corrected chi connectivity index (χ4v) is 5.62. The third-order valence-electron chi connectivity index (χ3n) is 7.79. The molecule has 4 aromatic rings. The van der Waals surface area contributed by atoms with Gasteiger partial charge in [-0.3, -0.25) is 4.68 Å². The fraction of sp³-hybridized carbons (Fsp3) is 0.370. The van der Waals surface area contributed by atoms with E-state index in [-0.39, 0.29) is 17.3 Å². The number of hydrogen-bond donors (Lipinski definition) is 2. The van der Waals surface area contributed by atoms with Crippen molar-refractivity contribution in [2.75, 3.05) is 13.1 Å². The fourth-order valence-electron chi connectivity index (χ4n) is 5.62. The van der Waals surface area contributed by atoms with Crippen LogP contribution in [0.1, 0.15) is 43.5 Å². The van der Waals surface area contributed by atoms with Gasteiger partial charge < -0.3 is 15.2 Å². The van der Waals surface area contributed by atoms with Crippen LogP contribution in [0.4, 0.5) is 9.18 Å². The molecule has 0 bridgehead atoms. The first-order chi connectivity index (χ1) is 16.7. The summed E-state index contributed by atoms with van der Waals surface area (Å²) in [6.07, 6.45) is 5.74. The third kappa shape index (κ3) is 3.59. The lowest BCUT2D eigenvalue weighted by atomic mass is 9.82. The van der Waals surface area contributed by atoms with Gasteiger partial charge in [-0.15, -0.1) is 0 Å². The second-order valence-corrected chi connectivity index (χ2v) is 10.5. The molecule has 1 fully saturated rings. The van der Waals surface area contributed by atoms with Gasteiger partial charge in [-0.05, 0) is 69.0 Å². The van der Waals surface area contributed by atoms with Gasteiger partial charge in [-0.2, -0.15) is 5.10 Å². The number of rotatable bonds is 3. The molecule has 180 valence electrons. The zero-order chi connectivity index (χ0) is 24.4. The summed E-state index contributed by atoms with van der Waals surface area (Å²) in [5.74, 6) is -0.284. The van der Waals surface area contributed by atoms with E-state index in [2.05, 4.69) is 39.0 Å². The Morgan fingerprint density at radius 2 is 1.94 bits per heavy atom. The molecule has 2 aliphatic heterocycles. The average molecular weight is 473 g/mol. The second kappa shape index (κ2) is 7.66. The van der Waals surface area contributed by atoms with Crippen molar-refractivity contribution in [2.45, 2.75) is 51.1 Å². The first-order valence-electron chi connectivity index (χ1n) is 12.1. The molecule has 2 amide bonds. The third-order valence-corrected chi connectivity index (χ3v) is 7.79. The Balaban J connectivity index is 1.21. The number of pyridine rings is 1. The summed E-state index contributed by atoms with van der Waals surface area (Å²) in [5.41, 5.74) is 5.37. The Labute approximate surface area is 203 Å². The molecular formula is C27H29FN6O. The SMILES string of the molecule is Cc1c[nH]c2ncc(-c3cc4n(n3)CCC43CCN(C(=O)NC(C)(C)c4ccc(F)cc4)C3)cc12. The van der Waals surface area contributed by atoms with Crippen LogP contribution < -0.4 is 5.32 Å². The number of urea groups is 1. The van der Waals surface area contributed by atoms with Crippen LogP contribution in [-0.4, -0.2) is 43.8 Å². The van der Waals surface area contributed by atoms with E-state index in [1.807, 2.05) is 31.1 Å². The van der Waals surface area contributed by atoms with Crippen LogP contribution >= 0.6 is 0 Å². The molecule has 35 heavy (non-hydrogen) atoms. The van der Waals surface area contributed by atoms with E-state index in [9.17, 15) is 9.18 Å². The number of nitrogens with zero attached hydrogens (tertiary/aromatic N) is 4. The van der Waals surface area contributed by atoms with Crippen LogP contribution in [0.5, 0.6) is 0 Å². The highest BCUT2D eigenvalue weighted by Crippen LogP contribution is 2.44. The second-order valence-electron chi connectivity index (χ2n) is 10.5. The van der Waals surface area contributed by atoms with Gasteiger partial charge in [-0.1, -0.05) is 12.1 Å². The monoisotopic (exact) mass is 472 g/mol. The smallest absolute Gasteiger partial charge is 0.318 e. The zero-order valence-corrected chi connectivity index (χ0v) is 20.2. The summed E-state index contributed by atoms with van der Waals surface area (Å²) in [6, 6.07) is 10.5. The van der Waals surface area contributed by atoms with Gasteiger partial charge in [0.15, 0.2) is 0 Å². The van der Waals surface area contributed by atoms with Crippen molar-refractivity contribution in [3.8, 4) is 11.3 Å². The van der Waals surface area contributed by atoms with Gasteiger partial charge in [-0.25, -0.2) is 14.2 Å². The number of carbonyl (C=O) groups is 1. The number of fused-ring (bicyclic) bond motifs is 3. The normalized spacial score (nSPS) is 19.6. The minimum atomic E-state index is -0.604. The van der Waals surface area contributed by atoms with Crippen LogP contribution in [0.3, 0.4) is 0 Å². The van der Waals surface area contributed by atoms with Crippen LogP contribution in [0.25, 0.3) is 22.3 Å². The molecule has 5 heterocycles. The first-order valence-corrected chi connectivity index (χ1v) is 12.1. The number of hydrogen-bond acceptors (Lipinski definition) is 3. The van der Waals surface area contributed by atoms with Gasteiger partial charge in [0.2, 0.25) is 0 Å². The number of likely N-dealkylation sites (tertiary alicyclic amines) is 1. The molecule has 2 N–H and O–H groups in total. The molecule has 0 saturated carbocycles. The van der Waals surface area contributed by atoms with Gasteiger partial charge in [0.05, 0.1) is 11.2 Å². The summed E-state index contributed by atoms with van der Waals surface area (Å²) < 4.78 is 15.5. The van der Waals surface area contributed by atoms with E-state index < -0.39 is 5.54 Å². The Morgan fingerprint density at radius 3 is 2.74 bits per heavy atom. The Bertz CT molecular complexity index is 1440. The number of H-pyrrole nitrogens is 1. The van der Waals surface area contributed by atoms with Crippen molar-refractivity contribution in [3.05, 3.63) is 71.4 Å². The Hall–Kier alpha value is -3.68. The number of carbonyl (C=O) groups excluding carboxylic acids is 1. The van der Waals surface area contributed by atoms with Crippen molar-refractivity contribution in [3.63, 3.8) is 0 Å². The minimum Gasteiger partial charge on any atom is -0.346 e. The van der Waals surface area contributed by atoms with Gasteiger partial charge in [0, 0.05) is 54.1 Å². The molecule has 1 saturated heterocycles. The molecule has 1 spiro atoms. The molecule has 7 nitrogen and oxygen atoms in total. The Kier molecular flexibility index (Phi) is 4.78. The van der Waals surface area contributed by atoms with E-state index in [1.165, 1.54) is 23.4 Å². The highest BCUT2D eigenvalue weighted by Gasteiger charge is 2.47. The maximum Gasteiger partial charge on any atom is 0.318 e. The van der Waals surface area contributed by atoms with E-state index in [0.717, 1.165) is 47.2 Å². The van der Waals surface area contributed by atoms with Gasteiger partial charge in [0.1, 0.15) is 11.5 Å². The predicted molar refractivity (Wildman–Crippen MR) is 132 cm³/mol. The summed E-state index contributed by atoms with van der Waals surface area (Å²) in [7, 11) is 0. The minimum absolute atomic E-state index is 0.0792. The zero-order valence-electron chi connectivity index (χ0n) is 20.2. The molecule has 6 rings (SSSR count). The summed E-state index contributed by atoms with van der Waals surface area (Å²) >= 11 is 0. The molecule has 8 heteroatoms. The van der Waals surface area contributed by atoms with E-state index in [4.69, 9.17) is 5.10 Å². The number of aryl methyl sites for hydroxylation is 2. The van der Waals surface area contributed by atoms with Crippen LogP contribution in [0, 0.1) is 12.7 Å². The van der Waals surface area contributed by atoms with Crippen LogP contribution in [-0.2, 0) is 17.5 Å². The lowest BCUT2D eigenvalue weighted by molar-refractivity contribution is 0.194. The highest BCUT2D eigenvalue weighted by molar-refractivity contribution is 5.83. The number of amides is 2. The van der Waals surface area contributed by atoms with Crippen molar-refractivity contribution in [1.29, 1.82) is 0 Å². The van der Waals surface area contributed by atoms with Crippen LogP contribution in [0.2, 0.25) is 0 Å². The molecule has 1 atom stereocenters. The topological polar surface area (TPSA) is 78.8 Å². The molecule has 1 unspecified atom stereocenters. The average Bonchev–Trinajstić information content (AvgIpc) is 3.60. The maximum atomic E-state index is 13.3. The standard InChI is InChI=1S/C27H29FN6O/c1-17-14-29-24-21(17)12-18(15-30-24)22-13-23-27(9-11-34(23)32-22)8-10-33(16-27)25(35)31-26(2,3)19-4-6-20(28)7-5-19/h4-7,12-15H,8-11,16H2,1-3H3,(H,29,30)(H,31,35). The number of benzene rings is 1. The molecular weight excluding hydrogens is 443 g/mol. The predicted octanol–water partition coefficient (Wildman–Crippen LogP) is 4.87. The van der Waals surface area contributed by atoms with Gasteiger partial charge in [0.25, 0.3) is 0 Å². The van der Waals surface area contributed by atoms with Crippen molar-refractivity contribution in [2.24, 2.45) is 0 Å². The van der Waals surface area contributed by atoms with E-state index >= 15 is 0 Å². The number of nitrogens with one attached hydrogen (secondary N) is 2. The van der Waals surface area contributed by atoms with E-state index in [0.29, 0.717) is 13.1 Å². The lowest BCUT2D eigenvalue weighted by Gasteiger charge is -2.30. The summed E-state index contributed by atoms with van der Waals surface area (Å²) in [5, 5.41) is 9.15. The van der Waals surface area contributed by atoms with Gasteiger partial charge >= 0.3 is 6.03 Å². The molecule has 1 aromatic carbocycles. The first kappa shape index (κ1) is 21.8. The lowest BCUT2D eigenvalue weighted by Crippen LogP contribution is -2.48. The Morgan fingerprint density at radius 1 is 1.17 bits per heavy atom. The van der Waals surface area contributed by atoms with Crippen molar-refractivity contribution < 1.29 is 9.18 Å². The van der Waals surface area contributed by atoms with Crippen molar-refractivity contribution in [1.82, 2.24) is 30.0 Å². The summed E-state index contributed by atoms with van der Waals surface area (Å²) in [4.78, 5) is 22.9. The molecule has 2 aliphatic rings. The molecule has 0 radical (unpaired) electrons. The molecule has 0 aliphatic carbocycles. The van der Waals surface area contributed by atoms with Crippen LogP contribution in [0.15, 0.2) is 48.8 Å². The number of aromatic amines is 1. The number of aromatic nitrogens is 4.